The van der Waals surface area contributed by atoms with Gasteiger partial charge in [0.05, 0.1) is 6.04 Å². The predicted molar refractivity (Wildman–Crippen MR) is 75.5 cm³/mol. The van der Waals surface area contributed by atoms with Crippen molar-refractivity contribution in [2.24, 2.45) is 10.9 Å². The van der Waals surface area contributed by atoms with Gasteiger partial charge in [0, 0.05) is 12.1 Å². The Hall–Kier alpha value is -1.11. The van der Waals surface area contributed by atoms with Gasteiger partial charge in [0.15, 0.2) is 0 Å². The van der Waals surface area contributed by atoms with Gasteiger partial charge in [-0.1, -0.05) is 24.1 Å². The molecule has 0 N–H and O–H groups in total. The lowest BCUT2D eigenvalue weighted by Gasteiger charge is -2.22. The summed E-state index contributed by atoms with van der Waals surface area (Å²) in [4.78, 5) is 4.62. The number of hydrogen-bond acceptors (Lipinski definition) is 1. The molecule has 0 bridgehead atoms. The summed E-state index contributed by atoms with van der Waals surface area (Å²) >= 11 is 0. The van der Waals surface area contributed by atoms with E-state index in [4.69, 9.17) is 0 Å². The van der Waals surface area contributed by atoms with E-state index in [9.17, 15) is 0 Å². The smallest absolute Gasteiger partial charge is 0.0542 e. The molecular weight excluding hydrogens is 206 g/mol. The minimum atomic E-state index is 0.404. The van der Waals surface area contributed by atoms with E-state index in [0.717, 1.165) is 6.42 Å². The van der Waals surface area contributed by atoms with Gasteiger partial charge in [-0.3, -0.25) is 4.99 Å². The second-order valence-electron chi connectivity index (χ2n) is 5.30. The van der Waals surface area contributed by atoms with Crippen molar-refractivity contribution in [1.82, 2.24) is 0 Å². The Bertz CT molecular complexity index is 421. The fourth-order valence-corrected chi connectivity index (χ4v) is 2.96. The number of nitrogens with zero attached hydrogens (tertiary/aromatic N) is 1. The van der Waals surface area contributed by atoms with Crippen LogP contribution in [0.2, 0.25) is 0 Å². The van der Waals surface area contributed by atoms with Gasteiger partial charge in [0.25, 0.3) is 0 Å². The van der Waals surface area contributed by atoms with E-state index < -0.39 is 0 Å². The second kappa shape index (κ2) is 5.03. The van der Waals surface area contributed by atoms with Crippen LogP contribution in [0.15, 0.2) is 39.4 Å². The molecule has 1 nitrogen and oxygen atoms in total. The summed E-state index contributed by atoms with van der Waals surface area (Å²) in [6.45, 7) is 9.03. The Morgan fingerprint density at radius 2 is 2.12 bits per heavy atom. The van der Waals surface area contributed by atoms with Crippen LogP contribution in [0.1, 0.15) is 47.0 Å². The Morgan fingerprint density at radius 1 is 1.35 bits per heavy atom. The van der Waals surface area contributed by atoms with Crippen molar-refractivity contribution < 1.29 is 0 Å². The molecule has 92 valence electrons. The van der Waals surface area contributed by atoms with Crippen molar-refractivity contribution in [2.45, 2.75) is 53.0 Å². The molecule has 0 radical (unpaired) electrons. The first-order valence-corrected chi connectivity index (χ1v) is 6.71. The van der Waals surface area contributed by atoms with Crippen LogP contribution >= 0.6 is 0 Å². The van der Waals surface area contributed by atoms with Crippen molar-refractivity contribution >= 4 is 6.21 Å². The molecule has 1 heteroatoms. The highest BCUT2D eigenvalue weighted by Crippen LogP contribution is 2.36. The molecule has 0 saturated carbocycles. The normalized spacial score (nSPS) is 29.2. The van der Waals surface area contributed by atoms with Crippen molar-refractivity contribution in [1.29, 1.82) is 0 Å². The summed E-state index contributed by atoms with van der Waals surface area (Å²) in [5.41, 5.74) is 6.13. The molecule has 0 aromatic carbocycles. The fraction of sp³-hybridized carbons (Fsp3) is 0.562. The van der Waals surface area contributed by atoms with E-state index in [-0.39, 0.29) is 0 Å². The minimum Gasteiger partial charge on any atom is -0.289 e. The zero-order valence-electron chi connectivity index (χ0n) is 11.5. The minimum absolute atomic E-state index is 0.404. The second-order valence-corrected chi connectivity index (χ2v) is 5.30. The van der Waals surface area contributed by atoms with Crippen LogP contribution in [0.5, 0.6) is 0 Å². The first-order valence-electron chi connectivity index (χ1n) is 6.71. The summed E-state index contributed by atoms with van der Waals surface area (Å²) in [6.07, 6.45) is 10.1. The lowest BCUT2D eigenvalue weighted by Crippen LogP contribution is -2.17. The van der Waals surface area contributed by atoms with Crippen LogP contribution < -0.4 is 0 Å². The molecule has 2 unspecified atom stereocenters. The first-order chi connectivity index (χ1) is 8.13. The van der Waals surface area contributed by atoms with Crippen LogP contribution in [0, 0.1) is 5.92 Å². The summed E-state index contributed by atoms with van der Waals surface area (Å²) < 4.78 is 0. The van der Waals surface area contributed by atoms with Crippen LogP contribution in [0.3, 0.4) is 0 Å². The van der Waals surface area contributed by atoms with Crippen LogP contribution in [0.4, 0.5) is 0 Å². The molecule has 0 aromatic heterocycles. The van der Waals surface area contributed by atoms with Gasteiger partial charge in [0.2, 0.25) is 0 Å². The average Bonchev–Trinajstić information content (AvgIpc) is 2.54. The summed E-state index contributed by atoms with van der Waals surface area (Å²) in [7, 11) is 0. The third kappa shape index (κ3) is 2.43. The Morgan fingerprint density at radius 3 is 2.82 bits per heavy atom. The van der Waals surface area contributed by atoms with E-state index in [1.807, 2.05) is 6.21 Å². The number of hydrogen-bond donors (Lipinski definition) is 0. The third-order valence-corrected chi connectivity index (χ3v) is 4.21. The Balaban J connectivity index is 2.38. The Labute approximate surface area is 105 Å². The van der Waals surface area contributed by atoms with Crippen molar-refractivity contribution in [3.63, 3.8) is 0 Å². The molecule has 0 spiro atoms. The first kappa shape index (κ1) is 12.3. The lowest BCUT2D eigenvalue weighted by atomic mass is 9.84. The molecule has 0 amide bonds. The molecule has 0 fully saturated rings. The maximum absolute atomic E-state index is 4.62. The van der Waals surface area contributed by atoms with E-state index in [2.05, 4.69) is 44.8 Å². The maximum atomic E-state index is 4.62. The largest absolute Gasteiger partial charge is 0.289 e. The van der Waals surface area contributed by atoms with E-state index in [1.54, 1.807) is 11.1 Å². The highest BCUT2D eigenvalue weighted by molar-refractivity contribution is 5.74. The monoisotopic (exact) mass is 229 g/mol. The van der Waals surface area contributed by atoms with Gasteiger partial charge in [-0.05, 0) is 57.3 Å². The zero-order chi connectivity index (χ0) is 12.4. The Kier molecular flexibility index (Phi) is 3.66. The van der Waals surface area contributed by atoms with Crippen molar-refractivity contribution in [3.8, 4) is 0 Å². The SMILES string of the molecule is CCC1=C(C)CC2C(=CC1)C(C)=CC=NC2C. The highest BCUT2D eigenvalue weighted by atomic mass is 14.8. The van der Waals surface area contributed by atoms with Gasteiger partial charge in [-0.25, -0.2) is 0 Å². The molecule has 2 rings (SSSR count). The maximum Gasteiger partial charge on any atom is 0.0542 e. The van der Waals surface area contributed by atoms with E-state index >= 15 is 0 Å². The van der Waals surface area contributed by atoms with E-state index in [1.165, 1.54) is 24.0 Å². The molecule has 1 aliphatic carbocycles. The third-order valence-electron chi connectivity index (χ3n) is 4.21. The molecule has 0 aromatic rings. The molecular formula is C16H23N. The highest BCUT2D eigenvalue weighted by Gasteiger charge is 2.25. The number of fused-ring (bicyclic) bond motifs is 1. The van der Waals surface area contributed by atoms with Crippen molar-refractivity contribution in [2.75, 3.05) is 0 Å². The topological polar surface area (TPSA) is 12.4 Å². The molecule has 1 aliphatic heterocycles. The van der Waals surface area contributed by atoms with Gasteiger partial charge in [-0.15, -0.1) is 0 Å². The summed E-state index contributed by atoms with van der Waals surface area (Å²) in [5, 5.41) is 0. The summed E-state index contributed by atoms with van der Waals surface area (Å²) in [5.74, 6) is 0.578. The fourth-order valence-electron chi connectivity index (χ4n) is 2.96. The van der Waals surface area contributed by atoms with Crippen LogP contribution in [-0.4, -0.2) is 12.3 Å². The van der Waals surface area contributed by atoms with Gasteiger partial charge >= 0.3 is 0 Å². The van der Waals surface area contributed by atoms with Crippen LogP contribution in [-0.2, 0) is 0 Å². The molecule has 2 atom stereocenters. The number of rotatable bonds is 1. The van der Waals surface area contributed by atoms with Crippen LogP contribution in [0.25, 0.3) is 0 Å². The van der Waals surface area contributed by atoms with Gasteiger partial charge in [0.1, 0.15) is 0 Å². The van der Waals surface area contributed by atoms with E-state index in [0.29, 0.717) is 12.0 Å². The van der Waals surface area contributed by atoms with Gasteiger partial charge < -0.3 is 0 Å². The standard InChI is InChI=1S/C16H23N/c1-5-14-6-7-15-11(2)8-9-17-13(4)16(15)10-12(14)3/h7-9,13,16H,5-6,10H2,1-4H3. The molecule has 0 saturated heterocycles. The number of allylic oxidation sites excluding steroid dienone is 5. The van der Waals surface area contributed by atoms with Gasteiger partial charge in [-0.2, -0.15) is 0 Å². The predicted octanol–water partition coefficient (Wildman–Crippen LogP) is 4.47. The lowest BCUT2D eigenvalue weighted by molar-refractivity contribution is 0.515. The molecule has 1 heterocycles. The summed E-state index contributed by atoms with van der Waals surface area (Å²) in [6, 6.07) is 0.404. The average molecular weight is 229 g/mol. The molecule has 17 heavy (non-hydrogen) atoms. The van der Waals surface area contributed by atoms with Crippen molar-refractivity contribution in [3.05, 3.63) is 34.4 Å². The quantitative estimate of drug-likeness (QED) is 0.588. The molecule has 2 aliphatic rings. The zero-order valence-corrected chi connectivity index (χ0v) is 11.5. The number of aliphatic imine (C=N–C) groups is 1.